The smallest absolute Gasteiger partial charge is 0.227 e. The van der Waals surface area contributed by atoms with Gasteiger partial charge in [0.1, 0.15) is 0 Å². The zero-order valence-corrected chi connectivity index (χ0v) is 12.5. The van der Waals surface area contributed by atoms with Gasteiger partial charge in [-0.25, -0.2) is 0 Å². The van der Waals surface area contributed by atoms with Crippen molar-refractivity contribution >= 4 is 17.6 Å². The molecular formula is C15H23N5. The monoisotopic (exact) mass is 273 g/mol. The van der Waals surface area contributed by atoms with Gasteiger partial charge in [-0.05, 0) is 31.9 Å². The molecule has 0 saturated carbocycles. The Kier molecular flexibility index (Phi) is 4.61. The molecule has 0 aliphatic carbocycles. The van der Waals surface area contributed by atoms with Crippen molar-refractivity contribution in [3.63, 3.8) is 0 Å². The Bertz CT molecular complexity index is 498. The van der Waals surface area contributed by atoms with Gasteiger partial charge in [0.15, 0.2) is 5.96 Å². The Labute approximate surface area is 120 Å². The fourth-order valence-corrected chi connectivity index (χ4v) is 2.28. The van der Waals surface area contributed by atoms with Crippen molar-refractivity contribution < 1.29 is 0 Å². The summed E-state index contributed by atoms with van der Waals surface area (Å²) in [5.74, 6) is 1.18. The van der Waals surface area contributed by atoms with Crippen LogP contribution in [0, 0.1) is 6.92 Å². The number of anilines is 1. The molecule has 0 aromatic heterocycles. The number of nitrogens with zero attached hydrogens (tertiary/aromatic N) is 4. The normalized spacial score (nSPS) is 16.6. The predicted octanol–water partition coefficient (Wildman–Crippen LogP) is 1.83. The minimum atomic E-state index is 0.557. The Balaban J connectivity index is 2.15. The molecule has 0 amide bonds. The van der Waals surface area contributed by atoms with Crippen molar-refractivity contribution in [2.75, 3.05) is 32.1 Å². The van der Waals surface area contributed by atoms with Gasteiger partial charge in [-0.15, -0.1) is 0 Å². The van der Waals surface area contributed by atoms with E-state index < -0.39 is 0 Å². The second-order valence-corrected chi connectivity index (χ2v) is 5.08. The van der Waals surface area contributed by atoms with Crippen LogP contribution < -0.4 is 10.6 Å². The highest BCUT2D eigenvalue weighted by molar-refractivity contribution is 6.02. The summed E-state index contributed by atoms with van der Waals surface area (Å²) in [7, 11) is 3.69. The summed E-state index contributed by atoms with van der Waals surface area (Å²) in [5, 5.41) is 0. The first kappa shape index (κ1) is 14.4. The molecule has 2 rings (SSSR count). The van der Waals surface area contributed by atoms with Gasteiger partial charge in [-0.2, -0.15) is 4.99 Å². The number of likely N-dealkylation sites (tertiary alicyclic amines) is 1. The van der Waals surface area contributed by atoms with E-state index in [1.165, 1.54) is 18.4 Å². The number of rotatable bonds is 1. The molecule has 20 heavy (non-hydrogen) atoms. The zero-order chi connectivity index (χ0) is 14.5. The Morgan fingerprint density at radius 3 is 2.35 bits per heavy atom. The highest BCUT2D eigenvalue weighted by Crippen LogP contribution is 2.15. The quantitative estimate of drug-likeness (QED) is 0.627. The first-order chi connectivity index (χ1) is 9.61. The summed E-state index contributed by atoms with van der Waals surface area (Å²) in [5.41, 5.74) is 8.35. The van der Waals surface area contributed by atoms with Gasteiger partial charge in [0.2, 0.25) is 5.96 Å². The van der Waals surface area contributed by atoms with Crippen LogP contribution in [0.4, 0.5) is 5.69 Å². The summed E-state index contributed by atoms with van der Waals surface area (Å²) in [6.07, 6.45) is 2.37. The summed E-state index contributed by atoms with van der Waals surface area (Å²) >= 11 is 0. The lowest BCUT2D eigenvalue weighted by atomic mass is 10.2. The third-order valence-electron chi connectivity index (χ3n) is 3.57. The van der Waals surface area contributed by atoms with Gasteiger partial charge in [-0.3, -0.25) is 4.99 Å². The molecule has 0 unspecified atom stereocenters. The van der Waals surface area contributed by atoms with E-state index in [1.54, 1.807) is 7.05 Å². The summed E-state index contributed by atoms with van der Waals surface area (Å²) in [6, 6.07) is 8.27. The highest BCUT2D eigenvalue weighted by atomic mass is 15.3. The highest BCUT2D eigenvalue weighted by Gasteiger charge is 2.15. The van der Waals surface area contributed by atoms with Crippen LogP contribution in [0.15, 0.2) is 34.3 Å². The van der Waals surface area contributed by atoms with Gasteiger partial charge < -0.3 is 15.5 Å². The van der Waals surface area contributed by atoms with E-state index in [4.69, 9.17) is 5.73 Å². The Morgan fingerprint density at radius 2 is 1.80 bits per heavy atom. The molecule has 2 N–H and O–H groups in total. The van der Waals surface area contributed by atoms with E-state index in [2.05, 4.69) is 46.1 Å². The second-order valence-electron chi connectivity index (χ2n) is 5.08. The number of benzene rings is 1. The minimum Gasteiger partial charge on any atom is -0.369 e. The van der Waals surface area contributed by atoms with Crippen LogP contribution in [0.25, 0.3) is 0 Å². The van der Waals surface area contributed by atoms with Crippen LogP contribution in [-0.4, -0.2) is 44.0 Å². The minimum absolute atomic E-state index is 0.557. The fourth-order valence-electron chi connectivity index (χ4n) is 2.28. The topological polar surface area (TPSA) is 57.2 Å². The van der Waals surface area contributed by atoms with E-state index in [9.17, 15) is 0 Å². The molecule has 0 atom stereocenters. The van der Waals surface area contributed by atoms with Crippen LogP contribution in [0.3, 0.4) is 0 Å². The van der Waals surface area contributed by atoms with Crippen molar-refractivity contribution in [1.82, 2.24) is 4.90 Å². The Morgan fingerprint density at radius 1 is 1.20 bits per heavy atom. The maximum Gasteiger partial charge on any atom is 0.227 e. The molecule has 1 saturated heterocycles. The van der Waals surface area contributed by atoms with Crippen molar-refractivity contribution in [2.24, 2.45) is 15.7 Å². The van der Waals surface area contributed by atoms with E-state index in [-0.39, 0.29) is 0 Å². The van der Waals surface area contributed by atoms with Crippen LogP contribution in [0.1, 0.15) is 18.4 Å². The van der Waals surface area contributed by atoms with E-state index in [0.29, 0.717) is 11.9 Å². The first-order valence-electron chi connectivity index (χ1n) is 6.98. The molecule has 5 heteroatoms. The van der Waals surface area contributed by atoms with Crippen molar-refractivity contribution in [1.29, 1.82) is 0 Å². The maximum atomic E-state index is 6.06. The van der Waals surface area contributed by atoms with Crippen LogP contribution in [0.5, 0.6) is 0 Å². The zero-order valence-electron chi connectivity index (χ0n) is 12.5. The number of hydrogen-bond donors (Lipinski definition) is 1. The lowest BCUT2D eigenvalue weighted by Gasteiger charge is -2.21. The van der Waals surface area contributed by atoms with Crippen LogP contribution in [-0.2, 0) is 0 Å². The molecule has 108 valence electrons. The summed E-state index contributed by atoms with van der Waals surface area (Å²) in [6.45, 7) is 4.04. The molecular weight excluding hydrogens is 250 g/mol. The predicted molar refractivity (Wildman–Crippen MR) is 85.4 cm³/mol. The summed E-state index contributed by atoms with van der Waals surface area (Å²) in [4.78, 5) is 12.8. The van der Waals surface area contributed by atoms with Gasteiger partial charge in [0.25, 0.3) is 0 Å². The standard InChI is InChI=1S/C15H23N5/c1-12-6-8-13(9-7-12)19(3)15(17-2)18-14(16)20-10-4-5-11-20/h6-9H,4-5,10-11H2,1-3H3,(H2,16,17,18). The van der Waals surface area contributed by atoms with Crippen molar-refractivity contribution in [3.8, 4) is 0 Å². The molecule has 1 aliphatic rings. The summed E-state index contributed by atoms with van der Waals surface area (Å²) < 4.78 is 0. The van der Waals surface area contributed by atoms with Crippen molar-refractivity contribution in [3.05, 3.63) is 29.8 Å². The van der Waals surface area contributed by atoms with Gasteiger partial charge in [0.05, 0.1) is 0 Å². The van der Waals surface area contributed by atoms with Gasteiger partial charge in [0, 0.05) is 32.9 Å². The molecule has 0 radical (unpaired) electrons. The third-order valence-corrected chi connectivity index (χ3v) is 3.57. The average molecular weight is 273 g/mol. The molecule has 1 fully saturated rings. The largest absolute Gasteiger partial charge is 0.369 e. The SMILES string of the molecule is CN=C(N=C(N)N1CCCC1)N(C)c1ccc(C)cc1. The molecule has 5 nitrogen and oxygen atoms in total. The third kappa shape index (κ3) is 3.29. The molecule has 1 aromatic carbocycles. The molecule has 1 aromatic rings. The first-order valence-corrected chi connectivity index (χ1v) is 6.98. The second kappa shape index (κ2) is 6.41. The van der Waals surface area contributed by atoms with Crippen LogP contribution >= 0.6 is 0 Å². The Hall–Kier alpha value is -2.04. The van der Waals surface area contributed by atoms with E-state index in [0.717, 1.165) is 18.8 Å². The number of aliphatic imine (C=N–C) groups is 2. The van der Waals surface area contributed by atoms with E-state index in [1.807, 2.05) is 11.9 Å². The molecule has 1 aliphatic heterocycles. The fraction of sp³-hybridized carbons (Fsp3) is 0.467. The van der Waals surface area contributed by atoms with Crippen LogP contribution in [0.2, 0.25) is 0 Å². The number of nitrogens with two attached hydrogens (primary N) is 1. The lowest BCUT2D eigenvalue weighted by Crippen LogP contribution is -2.37. The number of hydrogen-bond acceptors (Lipinski definition) is 1. The average Bonchev–Trinajstić information content (AvgIpc) is 2.99. The van der Waals surface area contributed by atoms with Gasteiger partial charge >= 0.3 is 0 Å². The lowest BCUT2D eigenvalue weighted by molar-refractivity contribution is 0.514. The van der Waals surface area contributed by atoms with Gasteiger partial charge in [-0.1, -0.05) is 17.7 Å². The molecule has 1 heterocycles. The molecule has 0 spiro atoms. The number of aryl methyl sites for hydroxylation is 1. The van der Waals surface area contributed by atoms with Crippen molar-refractivity contribution in [2.45, 2.75) is 19.8 Å². The number of guanidine groups is 2. The van der Waals surface area contributed by atoms with E-state index >= 15 is 0 Å². The maximum absolute atomic E-state index is 6.06. The molecule has 0 bridgehead atoms.